The van der Waals surface area contributed by atoms with E-state index in [1.165, 1.54) is 19.3 Å². The van der Waals surface area contributed by atoms with Gasteiger partial charge in [-0.05, 0) is 12.8 Å². The van der Waals surface area contributed by atoms with Gasteiger partial charge in [-0.25, -0.2) is 0 Å². The van der Waals surface area contributed by atoms with Gasteiger partial charge in [0.1, 0.15) is 0 Å². The number of aromatic nitrogens is 2. The Hall–Kier alpha value is -1.36. The lowest BCUT2D eigenvalue weighted by Gasteiger charge is -2.31. The third-order valence-electron chi connectivity index (χ3n) is 4.45. The molecule has 3 rings (SSSR count). The zero-order chi connectivity index (χ0) is 13.2. The molecule has 0 spiro atoms. The van der Waals surface area contributed by atoms with E-state index in [9.17, 15) is 4.79 Å². The van der Waals surface area contributed by atoms with Gasteiger partial charge < -0.3 is 10.2 Å². The van der Waals surface area contributed by atoms with Gasteiger partial charge in [-0.1, -0.05) is 19.3 Å². The van der Waals surface area contributed by atoms with Crippen LogP contribution >= 0.6 is 0 Å². The lowest BCUT2D eigenvalue weighted by Crippen LogP contribution is -2.39. The molecule has 1 aliphatic carbocycles. The Morgan fingerprint density at radius 2 is 2.11 bits per heavy atom. The minimum absolute atomic E-state index is 0.0769. The second kappa shape index (κ2) is 5.33. The van der Waals surface area contributed by atoms with Crippen LogP contribution < -0.4 is 5.32 Å². The third-order valence-corrected chi connectivity index (χ3v) is 4.45. The zero-order valence-electron chi connectivity index (χ0n) is 11.5. The molecule has 1 aromatic rings. The molecular weight excluding hydrogens is 240 g/mol. The SMILES string of the molecule is CN(C(=O)c1n[nH]c2c1CNCC2)C1CCCCC1. The number of hydrogen-bond acceptors (Lipinski definition) is 3. The number of fused-ring (bicyclic) bond motifs is 1. The molecule has 104 valence electrons. The average Bonchev–Trinajstić information content (AvgIpc) is 2.90. The number of hydrogen-bond donors (Lipinski definition) is 2. The Morgan fingerprint density at radius 1 is 1.32 bits per heavy atom. The molecule has 2 heterocycles. The maximum absolute atomic E-state index is 12.6. The molecule has 0 unspecified atom stereocenters. The molecular formula is C14H22N4O. The van der Waals surface area contributed by atoms with Gasteiger partial charge in [0.05, 0.1) is 0 Å². The van der Waals surface area contributed by atoms with Gasteiger partial charge in [0.2, 0.25) is 0 Å². The molecule has 0 atom stereocenters. The summed E-state index contributed by atoms with van der Waals surface area (Å²) < 4.78 is 0. The quantitative estimate of drug-likeness (QED) is 0.848. The van der Waals surface area contributed by atoms with Gasteiger partial charge in [-0.3, -0.25) is 9.89 Å². The Bertz CT molecular complexity index is 462. The fourth-order valence-corrected chi connectivity index (χ4v) is 3.20. The molecule has 0 radical (unpaired) electrons. The van der Waals surface area contributed by atoms with E-state index < -0.39 is 0 Å². The van der Waals surface area contributed by atoms with Crippen molar-refractivity contribution in [3.8, 4) is 0 Å². The van der Waals surface area contributed by atoms with Crippen molar-refractivity contribution < 1.29 is 4.79 Å². The van der Waals surface area contributed by atoms with Crippen LogP contribution in [-0.2, 0) is 13.0 Å². The molecule has 19 heavy (non-hydrogen) atoms. The van der Waals surface area contributed by atoms with Crippen molar-refractivity contribution in [2.45, 2.75) is 51.1 Å². The summed E-state index contributed by atoms with van der Waals surface area (Å²) in [5.74, 6) is 0.0769. The molecule has 5 heteroatoms. The van der Waals surface area contributed by atoms with Crippen molar-refractivity contribution in [2.24, 2.45) is 0 Å². The molecule has 1 aromatic heterocycles. The van der Waals surface area contributed by atoms with Crippen LogP contribution in [-0.4, -0.2) is 40.6 Å². The summed E-state index contributed by atoms with van der Waals surface area (Å²) in [5.41, 5.74) is 2.81. The van der Waals surface area contributed by atoms with E-state index >= 15 is 0 Å². The monoisotopic (exact) mass is 262 g/mol. The third kappa shape index (κ3) is 2.39. The fraction of sp³-hybridized carbons (Fsp3) is 0.714. The van der Waals surface area contributed by atoms with Crippen LogP contribution in [0.1, 0.15) is 53.8 Å². The van der Waals surface area contributed by atoms with Gasteiger partial charge in [0, 0.05) is 43.9 Å². The summed E-state index contributed by atoms with van der Waals surface area (Å²) in [6.45, 7) is 1.71. The molecule has 0 aromatic carbocycles. The second-order valence-corrected chi connectivity index (χ2v) is 5.66. The highest BCUT2D eigenvalue weighted by molar-refractivity contribution is 5.94. The van der Waals surface area contributed by atoms with Crippen LogP contribution in [0, 0.1) is 0 Å². The van der Waals surface area contributed by atoms with E-state index in [0.717, 1.165) is 43.6 Å². The van der Waals surface area contributed by atoms with Crippen LogP contribution in [0.2, 0.25) is 0 Å². The van der Waals surface area contributed by atoms with Crippen molar-refractivity contribution in [3.05, 3.63) is 17.0 Å². The van der Waals surface area contributed by atoms with E-state index in [-0.39, 0.29) is 5.91 Å². The molecule has 2 aliphatic rings. The minimum Gasteiger partial charge on any atom is -0.337 e. The van der Waals surface area contributed by atoms with Crippen LogP contribution in [0.3, 0.4) is 0 Å². The zero-order valence-corrected chi connectivity index (χ0v) is 11.5. The number of nitrogens with zero attached hydrogens (tertiary/aromatic N) is 2. The number of aromatic amines is 1. The molecule has 1 fully saturated rings. The van der Waals surface area contributed by atoms with Gasteiger partial charge in [0.25, 0.3) is 5.91 Å². The fourth-order valence-electron chi connectivity index (χ4n) is 3.20. The highest BCUT2D eigenvalue weighted by Crippen LogP contribution is 2.24. The van der Waals surface area contributed by atoms with Crippen LogP contribution in [0.4, 0.5) is 0 Å². The number of H-pyrrole nitrogens is 1. The van der Waals surface area contributed by atoms with Crippen molar-refractivity contribution in [1.82, 2.24) is 20.4 Å². The molecule has 2 N–H and O–H groups in total. The summed E-state index contributed by atoms with van der Waals surface area (Å²) >= 11 is 0. The normalized spacial score (nSPS) is 20.1. The van der Waals surface area contributed by atoms with Gasteiger partial charge in [0.15, 0.2) is 5.69 Å². The highest BCUT2D eigenvalue weighted by Gasteiger charge is 2.28. The van der Waals surface area contributed by atoms with Crippen LogP contribution in [0.15, 0.2) is 0 Å². The highest BCUT2D eigenvalue weighted by atomic mass is 16.2. The molecule has 5 nitrogen and oxygen atoms in total. The van der Waals surface area contributed by atoms with Gasteiger partial charge in [-0.2, -0.15) is 5.10 Å². The van der Waals surface area contributed by atoms with E-state index in [1.54, 1.807) is 0 Å². The number of nitrogens with one attached hydrogen (secondary N) is 2. The number of carbonyl (C=O) groups excluding carboxylic acids is 1. The van der Waals surface area contributed by atoms with Crippen molar-refractivity contribution in [2.75, 3.05) is 13.6 Å². The summed E-state index contributed by atoms with van der Waals surface area (Å²) in [7, 11) is 1.93. The molecule has 0 saturated heterocycles. The summed E-state index contributed by atoms with van der Waals surface area (Å²) in [6, 6.07) is 0.394. The van der Waals surface area contributed by atoms with Crippen molar-refractivity contribution in [1.29, 1.82) is 0 Å². The average molecular weight is 262 g/mol. The summed E-state index contributed by atoms with van der Waals surface area (Å²) in [6.07, 6.45) is 6.98. The first-order valence-corrected chi connectivity index (χ1v) is 7.31. The first-order chi connectivity index (χ1) is 9.27. The summed E-state index contributed by atoms with van der Waals surface area (Å²) in [4.78, 5) is 14.5. The van der Waals surface area contributed by atoms with E-state index in [4.69, 9.17) is 0 Å². The molecule has 1 amide bonds. The largest absolute Gasteiger partial charge is 0.337 e. The maximum Gasteiger partial charge on any atom is 0.274 e. The molecule has 1 aliphatic heterocycles. The standard InChI is InChI=1S/C14H22N4O/c1-18(10-5-3-2-4-6-10)14(19)13-11-9-15-8-7-12(11)16-17-13/h10,15H,2-9H2,1H3,(H,16,17). The minimum atomic E-state index is 0.0769. The topological polar surface area (TPSA) is 61.0 Å². The first-order valence-electron chi connectivity index (χ1n) is 7.31. The van der Waals surface area contributed by atoms with Crippen LogP contribution in [0.5, 0.6) is 0 Å². The van der Waals surface area contributed by atoms with Gasteiger partial charge >= 0.3 is 0 Å². The second-order valence-electron chi connectivity index (χ2n) is 5.66. The maximum atomic E-state index is 12.6. The summed E-state index contributed by atoms with van der Waals surface area (Å²) in [5, 5.41) is 10.6. The smallest absolute Gasteiger partial charge is 0.274 e. The van der Waals surface area contributed by atoms with E-state index in [1.807, 2.05) is 11.9 Å². The lowest BCUT2D eigenvalue weighted by molar-refractivity contribution is 0.0689. The van der Waals surface area contributed by atoms with E-state index in [2.05, 4.69) is 15.5 Å². The predicted molar refractivity (Wildman–Crippen MR) is 73.0 cm³/mol. The molecule has 1 saturated carbocycles. The number of amides is 1. The van der Waals surface area contributed by atoms with Gasteiger partial charge in [-0.15, -0.1) is 0 Å². The first kappa shape index (κ1) is 12.7. The van der Waals surface area contributed by atoms with E-state index in [0.29, 0.717) is 11.7 Å². The Kier molecular flexibility index (Phi) is 3.55. The Balaban J connectivity index is 1.77. The van der Waals surface area contributed by atoms with Crippen LogP contribution in [0.25, 0.3) is 0 Å². The number of carbonyl (C=O) groups is 1. The molecule has 0 bridgehead atoms. The van der Waals surface area contributed by atoms with Crippen molar-refractivity contribution in [3.63, 3.8) is 0 Å². The Morgan fingerprint density at radius 3 is 2.89 bits per heavy atom. The lowest BCUT2D eigenvalue weighted by atomic mass is 9.94. The Labute approximate surface area is 113 Å². The predicted octanol–water partition coefficient (Wildman–Crippen LogP) is 1.46. The number of rotatable bonds is 2. The van der Waals surface area contributed by atoms with Crippen molar-refractivity contribution >= 4 is 5.91 Å².